The monoisotopic (exact) mass is 230 g/mol. The van der Waals surface area contributed by atoms with Gasteiger partial charge in [0, 0.05) is 12.5 Å². The van der Waals surface area contributed by atoms with Crippen LogP contribution in [0, 0.1) is 5.41 Å². The molecular weight excluding hydrogens is 208 g/mol. The Hall–Kier alpha value is -1.10. The zero-order valence-corrected chi connectivity index (χ0v) is 10.4. The summed E-state index contributed by atoms with van der Waals surface area (Å²) in [5, 5.41) is 11.2. The normalized spacial score (nSPS) is 15.3. The molecule has 0 aliphatic carbocycles. The zero-order valence-electron chi connectivity index (χ0n) is 10.4. The van der Waals surface area contributed by atoms with Crippen molar-refractivity contribution in [2.75, 3.05) is 0 Å². The molecule has 0 fully saturated rings. The van der Waals surface area contributed by atoms with Gasteiger partial charge in [0.1, 0.15) is 0 Å². The lowest BCUT2D eigenvalue weighted by Crippen LogP contribution is -2.50. The van der Waals surface area contributed by atoms with E-state index in [0.717, 1.165) is 0 Å². The van der Waals surface area contributed by atoms with Crippen LogP contribution in [-0.4, -0.2) is 29.1 Å². The quantitative estimate of drug-likeness (QED) is 0.649. The SMILES string of the molecule is CC(CCC(=O)O)NC(=O)[C@H](N)C(C)(C)C. The Labute approximate surface area is 96.4 Å². The number of hydrogen-bond acceptors (Lipinski definition) is 3. The summed E-state index contributed by atoms with van der Waals surface area (Å²) in [6.07, 6.45) is 0.462. The molecule has 16 heavy (non-hydrogen) atoms. The van der Waals surface area contributed by atoms with Crippen LogP contribution in [0.15, 0.2) is 0 Å². The Morgan fingerprint density at radius 2 is 1.88 bits per heavy atom. The number of carboxylic acid groups (broad SMARTS) is 1. The molecule has 0 heterocycles. The number of nitrogens with one attached hydrogen (secondary N) is 1. The van der Waals surface area contributed by atoms with Crippen LogP contribution in [0.25, 0.3) is 0 Å². The highest BCUT2D eigenvalue weighted by atomic mass is 16.4. The van der Waals surface area contributed by atoms with Crippen LogP contribution in [0.5, 0.6) is 0 Å². The molecule has 0 aromatic rings. The summed E-state index contributed by atoms with van der Waals surface area (Å²) in [6.45, 7) is 7.44. The van der Waals surface area contributed by atoms with Crippen molar-refractivity contribution in [1.29, 1.82) is 0 Å². The molecule has 2 atom stereocenters. The average Bonchev–Trinajstić information content (AvgIpc) is 2.11. The van der Waals surface area contributed by atoms with Gasteiger partial charge in [-0.25, -0.2) is 0 Å². The number of aliphatic carboxylic acids is 1. The first-order valence-corrected chi connectivity index (χ1v) is 5.42. The van der Waals surface area contributed by atoms with Crippen molar-refractivity contribution in [3.63, 3.8) is 0 Å². The van der Waals surface area contributed by atoms with Crippen molar-refractivity contribution in [3.8, 4) is 0 Å². The van der Waals surface area contributed by atoms with E-state index in [0.29, 0.717) is 6.42 Å². The third-order valence-electron chi connectivity index (χ3n) is 2.40. The molecule has 0 rings (SSSR count). The topological polar surface area (TPSA) is 92.4 Å². The van der Waals surface area contributed by atoms with Crippen LogP contribution < -0.4 is 11.1 Å². The van der Waals surface area contributed by atoms with Crippen molar-refractivity contribution < 1.29 is 14.7 Å². The number of rotatable bonds is 5. The number of carbonyl (C=O) groups excluding carboxylic acids is 1. The van der Waals surface area contributed by atoms with Crippen LogP contribution in [0.1, 0.15) is 40.5 Å². The maximum atomic E-state index is 11.7. The molecule has 0 aromatic carbocycles. The molecule has 0 bridgehead atoms. The Morgan fingerprint density at radius 3 is 2.25 bits per heavy atom. The third-order valence-corrected chi connectivity index (χ3v) is 2.40. The Bertz CT molecular complexity index is 258. The van der Waals surface area contributed by atoms with E-state index in [1.54, 1.807) is 6.92 Å². The van der Waals surface area contributed by atoms with Gasteiger partial charge in [-0.2, -0.15) is 0 Å². The predicted octanol–water partition coefficient (Wildman–Crippen LogP) is 0.729. The van der Waals surface area contributed by atoms with E-state index in [1.165, 1.54) is 0 Å². The molecule has 0 radical (unpaired) electrons. The maximum Gasteiger partial charge on any atom is 0.303 e. The summed E-state index contributed by atoms with van der Waals surface area (Å²) >= 11 is 0. The van der Waals surface area contributed by atoms with Crippen molar-refractivity contribution in [2.24, 2.45) is 11.1 Å². The van der Waals surface area contributed by atoms with Gasteiger partial charge >= 0.3 is 5.97 Å². The lowest BCUT2D eigenvalue weighted by Gasteiger charge is -2.27. The van der Waals surface area contributed by atoms with Gasteiger partial charge in [-0.3, -0.25) is 9.59 Å². The van der Waals surface area contributed by atoms with E-state index in [4.69, 9.17) is 10.8 Å². The minimum atomic E-state index is -0.860. The molecular formula is C11H22N2O3. The molecule has 1 amide bonds. The van der Waals surface area contributed by atoms with Gasteiger partial charge in [-0.1, -0.05) is 20.8 Å². The lowest BCUT2D eigenvalue weighted by atomic mass is 9.87. The van der Waals surface area contributed by atoms with Gasteiger partial charge in [-0.15, -0.1) is 0 Å². The van der Waals surface area contributed by atoms with Crippen molar-refractivity contribution in [1.82, 2.24) is 5.32 Å². The van der Waals surface area contributed by atoms with Gasteiger partial charge in [0.25, 0.3) is 0 Å². The minimum Gasteiger partial charge on any atom is -0.481 e. The number of amides is 1. The van der Waals surface area contributed by atoms with Crippen LogP contribution >= 0.6 is 0 Å². The predicted molar refractivity (Wildman–Crippen MR) is 61.9 cm³/mol. The van der Waals surface area contributed by atoms with E-state index in [1.807, 2.05) is 20.8 Å². The molecule has 0 aliphatic rings. The Balaban J connectivity index is 4.09. The Kier molecular flexibility index (Phi) is 5.44. The number of carbonyl (C=O) groups is 2. The van der Waals surface area contributed by atoms with Crippen molar-refractivity contribution in [2.45, 2.75) is 52.6 Å². The molecule has 0 spiro atoms. The molecule has 0 saturated carbocycles. The lowest BCUT2D eigenvalue weighted by molar-refractivity contribution is -0.137. The highest BCUT2D eigenvalue weighted by molar-refractivity contribution is 5.82. The van der Waals surface area contributed by atoms with E-state index < -0.39 is 12.0 Å². The summed E-state index contributed by atoms with van der Waals surface area (Å²) in [6, 6.07) is -0.753. The first-order chi connectivity index (χ1) is 7.14. The van der Waals surface area contributed by atoms with E-state index >= 15 is 0 Å². The zero-order chi connectivity index (χ0) is 12.9. The summed E-state index contributed by atoms with van der Waals surface area (Å²) in [7, 11) is 0. The molecule has 94 valence electrons. The first kappa shape index (κ1) is 14.9. The molecule has 5 nitrogen and oxygen atoms in total. The maximum absolute atomic E-state index is 11.7. The molecule has 0 saturated heterocycles. The average molecular weight is 230 g/mol. The van der Waals surface area contributed by atoms with Gasteiger partial charge < -0.3 is 16.2 Å². The van der Waals surface area contributed by atoms with Crippen molar-refractivity contribution >= 4 is 11.9 Å². The second kappa shape index (κ2) is 5.84. The summed E-state index contributed by atoms with van der Waals surface area (Å²) < 4.78 is 0. The van der Waals surface area contributed by atoms with Crippen LogP contribution in [0.2, 0.25) is 0 Å². The van der Waals surface area contributed by atoms with Gasteiger partial charge in [0.05, 0.1) is 6.04 Å². The molecule has 5 heteroatoms. The highest BCUT2D eigenvalue weighted by Gasteiger charge is 2.28. The van der Waals surface area contributed by atoms with Crippen molar-refractivity contribution in [3.05, 3.63) is 0 Å². The summed E-state index contributed by atoms with van der Waals surface area (Å²) in [4.78, 5) is 22.0. The van der Waals surface area contributed by atoms with Crippen LogP contribution in [-0.2, 0) is 9.59 Å². The smallest absolute Gasteiger partial charge is 0.303 e. The molecule has 0 aliphatic heterocycles. The highest BCUT2D eigenvalue weighted by Crippen LogP contribution is 2.17. The number of nitrogens with two attached hydrogens (primary N) is 1. The van der Waals surface area contributed by atoms with Gasteiger partial charge in [0.2, 0.25) is 5.91 Å². The summed E-state index contributed by atoms with van der Waals surface area (Å²) in [5.41, 5.74) is 5.48. The first-order valence-electron chi connectivity index (χ1n) is 5.42. The van der Waals surface area contributed by atoms with E-state index in [2.05, 4.69) is 5.32 Å². The molecule has 0 aromatic heterocycles. The largest absolute Gasteiger partial charge is 0.481 e. The third kappa shape index (κ3) is 5.70. The fraction of sp³-hybridized carbons (Fsp3) is 0.818. The number of hydrogen-bond donors (Lipinski definition) is 3. The second-order valence-corrected chi connectivity index (χ2v) is 5.19. The van der Waals surface area contributed by atoms with E-state index in [9.17, 15) is 9.59 Å². The summed E-state index contributed by atoms with van der Waals surface area (Å²) in [5.74, 6) is -1.09. The van der Waals surface area contributed by atoms with Crippen LogP contribution in [0.3, 0.4) is 0 Å². The molecule has 4 N–H and O–H groups in total. The number of carboxylic acids is 1. The van der Waals surface area contributed by atoms with Gasteiger partial charge in [0.15, 0.2) is 0 Å². The molecule has 1 unspecified atom stereocenters. The van der Waals surface area contributed by atoms with Gasteiger partial charge in [-0.05, 0) is 18.8 Å². The van der Waals surface area contributed by atoms with E-state index in [-0.39, 0.29) is 23.8 Å². The van der Waals surface area contributed by atoms with Crippen LogP contribution in [0.4, 0.5) is 0 Å². The fourth-order valence-electron chi connectivity index (χ4n) is 1.14. The Morgan fingerprint density at radius 1 is 1.38 bits per heavy atom. The second-order valence-electron chi connectivity index (χ2n) is 5.19. The minimum absolute atomic E-state index is 0.0478. The fourth-order valence-corrected chi connectivity index (χ4v) is 1.14. The standard InChI is InChI=1S/C11H22N2O3/c1-7(5-6-8(14)15)13-10(16)9(12)11(2,3)4/h7,9H,5-6,12H2,1-4H3,(H,13,16)(H,14,15)/t7?,9-/m0/s1.